The summed E-state index contributed by atoms with van der Waals surface area (Å²) < 4.78 is 5.72. The Labute approximate surface area is 150 Å². The van der Waals surface area contributed by atoms with Crippen LogP contribution in [0.1, 0.15) is 5.56 Å². The van der Waals surface area contributed by atoms with Crippen molar-refractivity contribution in [3.63, 3.8) is 0 Å². The second kappa shape index (κ2) is 8.06. The minimum atomic E-state index is -0.271. The summed E-state index contributed by atoms with van der Waals surface area (Å²) in [5.41, 5.74) is 3.53. The van der Waals surface area contributed by atoms with Gasteiger partial charge in [-0.05, 0) is 5.56 Å². The number of amides is 2. The lowest BCUT2D eigenvalue weighted by Crippen LogP contribution is -2.48. The molecule has 0 spiro atoms. The summed E-state index contributed by atoms with van der Waals surface area (Å²) in [7, 11) is 0. The first-order valence-corrected chi connectivity index (χ1v) is 9.10. The van der Waals surface area contributed by atoms with Gasteiger partial charge in [0.05, 0.1) is 19.6 Å². The van der Waals surface area contributed by atoms with E-state index in [-0.39, 0.29) is 23.5 Å². The van der Waals surface area contributed by atoms with Crippen molar-refractivity contribution in [2.24, 2.45) is 0 Å². The number of hydrogen-bond donors (Lipinski definition) is 1. The molecule has 1 N–H and O–H groups in total. The summed E-state index contributed by atoms with van der Waals surface area (Å²) in [5, 5.41) is 0.948. The van der Waals surface area contributed by atoms with E-state index >= 15 is 0 Å². The molecule has 2 fully saturated rings. The topological polar surface area (TPSA) is 61.9 Å². The van der Waals surface area contributed by atoms with Crippen LogP contribution in [-0.4, -0.2) is 64.1 Å². The first-order chi connectivity index (χ1) is 11.6. The van der Waals surface area contributed by atoms with Gasteiger partial charge >= 0.3 is 0 Å². The fraction of sp³-hybridized carbons (Fsp3) is 0.438. The normalized spacial score (nSPS) is 22.0. The Morgan fingerprint density at radius 3 is 2.71 bits per heavy atom. The summed E-state index contributed by atoms with van der Waals surface area (Å²) in [6.07, 6.45) is 0.214. The third kappa shape index (κ3) is 4.32. The standard InChI is InChI=1S/C16H19N3O3S2/c20-14(10-12-4-2-1-3-5-12)17-19-15(21)13(24-16(19)23)11-18-6-8-22-9-7-18/h1-5,13H,6-11H2,(H,17,20). The zero-order valence-corrected chi connectivity index (χ0v) is 14.8. The Balaban J connectivity index is 1.54. The highest BCUT2D eigenvalue weighted by Crippen LogP contribution is 2.27. The average molecular weight is 365 g/mol. The van der Waals surface area contributed by atoms with E-state index in [1.165, 1.54) is 16.8 Å². The summed E-state index contributed by atoms with van der Waals surface area (Å²) in [6.45, 7) is 3.63. The lowest BCUT2D eigenvalue weighted by molar-refractivity contribution is -0.135. The van der Waals surface area contributed by atoms with Crippen LogP contribution in [0, 0.1) is 0 Å². The van der Waals surface area contributed by atoms with Crippen molar-refractivity contribution in [1.82, 2.24) is 15.3 Å². The van der Waals surface area contributed by atoms with E-state index < -0.39 is 0 Å². The summed E-state index contributed by atoms with van der Waals surface area (Å²) in [4.78, 5) is 26.9. The predicted molar refractivity (Wildman–Crippen MR) is 96.4 cm³/mol. The van der Waals surface area contributed by atoms with Crippen LogP contribution >= 0.6 is 24.0 Å². The predicted octanol–water partition coefficient (Wildman–Crippen LogP) is 0.821. The number of hydrazine groups is 1. The number of nitrogens with zero attached hydrogens (tertiary/aromatic N) is 2. The third-order valence-electron chi connectivity index (χ3n) is 3.89. The van der Waals surface area contributed by atoms with Crippen LogP contribution in [0.5, 0.6) is 0 Å². The van der Waals surface area contributed by atoms with Crippen LogP contribution in [0.3, 0.4) is 0 Å². The van der Waals surface area contributed by atoms with E-state index in [4.69, 9.17) is 17.0 Å². The first-order valence-electron chi connectivity index (χ1n) is 7.81. The second-order valence-electron chi connectivity index (χ2n) is 5.66. The maximum atomic E-state index is 12.5. The van der Waals surface area contributed by atoms with Crippen molar-refractivity contribution < 1.29 is 14.3 Å². The van der Waals surface area contributed by atoms with Gasteiger partial charge in [0, 0.05) is 19.6 Å². The largest absolute Gasteiger partial charge is 0.379 e. The molecule has 0 aromatic heterocycles. The smallest absolute Gasteiger partial charge is 0.261 e. The van der Waals surface area contributed by atoms with Crippen molar-refractivity contribution in [2.45, 2.75) is 11.7 Å². The van der Waals surface area contributed by atoms with Gasteiger partial charge in [0.15, 0.2) is 4.32 Å². The molecule has 1 aromatic carbocycles. The van der Waals surface area contributed by atoms with Crippen LogP contribution in [0.2, 0.25) is 0 Å². The van der Waals surface area contributed by atoms with E-state index in [9.17, 15) is 9.59 Å². The molecule has 1 aromatic rings. The Morgan fingerprint density at radius 1 is 1.29 bits per heavy atom. The molecule has 1 atom stereocenters. The molecule has 8 heteroatoms. The number of hydrogen-bond acceptors (Lipinski definition) is 6. The van der Waals surface area contributed by atoms with Gasteiger partial charge in [-0.1, -0.05) is 54.3 Å². The molecule has 6 nitrogen and oxygen atoms in total. The molecule has 2 aliphatic rings. The SMILES string of the molecule is O=C(Cc1ccccc1)NN1C(=O)C(CN2CCOCC2)SC1=S. The van der Waals surface area contributed by atoms with Gasteiger partial charge in [-0.3, -0.25) is 19.9 Å². The maximum absolute atomic E-state index is 12.5. The minimum absolute atomic E-state index is 0.155. The van der Waals surface area contributed by atoms with E-state index in [2.05, 4.69) is 10.3 Å². The summed E-state index contributed by atoms with van der Waals surface area (Å²) in [5.74, 6) is -0.401. The third-order valence-corrected chi connectivity index (χ3v) is 5.38. The van der Waals surface area contributed by atoms with Gasteiger partial charge in [0.2, 0.25) is 5.91 Å². The highest BCUT2D eigenvalue weighted by Gasteiger charge is 2.39. The van der Waals surface area contributed by atoms with Crippen molar-refractivity contribution >= 4 is 40.1 Å². The molecule has 2 saturated heterocycles. The molecule has 0 saturated carbocycles. The number of carbonyl (C=O) groups excluding carboxylic acids is 2. The van der Waals surface area contributed by atoms with Crippen molar-refractivity contribution in [3.05, 3.63) is 35.9 Å². The van der Waals surface area contributed by atoms with Gasteiger partial charge in [0.25, 0.3) is 5.91 Å². The molecule has 2 amide bonds. The van der Waals surface area contributed by atoms with E-state index in [1.807, 2.05) is 30.3 Å². The van der Waals surface area contributed by atoms with Crippen LogP contribution in [0.15, 0.2) is 30.3 Å². The van der Waals surface area contributed by atoms with Gasteiger partial charge < -0.3 is 4.74 Å². The zero-order valence-electron chi connectivity index (χ0n) is 13.1. The molecule has 0 bridgehead atoms. The zero-order chi connectivity index (χ0) is 16.9. The van der Waals surface area contributed by atoms with Gasteiger partial charge in [-0.2, -0.15) is 0 Å². The van der Waals surface area contributed by atoms with Crippen LogP contribution < -0.4 is 5.43 Å². The minimum Gasteiger partial charge on any atom is -0.379 e. The quantitative estimate of drug-likeness (QED) is 0.780. The number of benzene rings is 1. The van der Waals surface area contributed by atoms with Gasteiger partial charge in [-0.15, -0.1) is 0 Å². The Bertz CT molecular complexity index is 620. The molecule has 24 heavy (non-hydrogen) atoms. The number of nitrogens with one attached hydrogen (secondary N) is 1. The van der Waals surface area contributed by atoms with Crippen LogP contribution in [-0.2, 0) is 20.7 Å². The Kier molecular flexibility index (Phi) is 5.83. The fourth-order valence-electron chi connectivity index (χ4n) is 2.64. The molecular weight excluding hydrogens is 346 g/mol. The lowest BCUT2D eigenvalue weighted by atomic mass is 10.1. The molecule has 0 aliphatic carbocycles. The monoisotopic (exact) mass is 365 g/mol. The van der Waals surface area contributed by atoms with Crippen molar-refractivity contribution in [1.29, 1.82) is 0 Å². The summed E-state index contributed by atoms with van der Waals surface area (Å²) >= 11 is 6.59. The molecule has 2 heterocycles. The molecule has 1 unspecified atom stereocenters. The van der Waals surface area contributed by atoms with E-state index in [0.29, 0.717) is 24.1 Å². The number of rotatable bonds is 5. The van der Waals surface area contributed by atoms with Crippen molar-refractivity contribution in [2.75, 3.05) is 32.8 Å². The highest BCUT2D eigenvalue weighted by atomic mass is 32.2. The van der Waals surface area contributed by atoms with Crippen LogP contribution in [0.4, 0.5) is 0 Å². The maximum Gasteiger partial charge on any atom is 0.261 e. The van der Waals surface area contributed by atoms with E-state index in [0.717, 1.165) is 18.7 Å². The molecular formula is C16H19N3O3S2. The molecule has 0 radical (unpaired) electrons. The second-order valence-corrected chi connectivity index (χ2v) is 7.49. The van der Waals surface area contributed by atoms with Gasteiger partial charge in [0.1, 0.15) is 5.25 Å². The number of morpholine rings is 1. The average Bonchev–Trinajstić information content (AvgIpc) is 2.84. The van der Waals surface area contributed by atoms with E-state index in [1.54, 1.807) is 0 Å². The Morgan fingerprint density at radius 2 is 2.00 bits per heavy atom. The molecule has 2 aliphatic heterocycles. The number of thiocarbonyl (C=S) groups is 1. The summed E-state index contributed by atoms with van der Waals surface area (Å²) in [6, 6.07) is 9.40. The van der Waals surface area contributed by atoms with Crippen LogP contribution in [0.25, 0.3) is 0 Å². The Hall–Kier alpha value is -1.48. The van der Waals surface area contributed by atoms with Gasteiger partial charge in [-0.25, -0.2) is 5.01 Å². The van der Waals surface area contributed by atoms with Crippen molar-refractivity contribution in [3.8, 4) is 0 Å². The lowest BCUT2D eigenvalue weighted by Gasteiger charge is -2.27. The highest BCUT2D eigenvalue weighted by molar-refractivity contribution is 8.24. The first kappa shape index (κ1) is 17.3. The molecule has 128 valence electrons. The fourth-order valence-corrected chi connectivity index (χ4v) is 4.10. The number of carbonyl (C=O) groups is 2. The number of ether oxygens (including phenoxy) is 1. The number of thioether (sulfide) groups is 1. The molecule has 3 rings (SSSR count).